The summed E-state index contributed by atoms with van der Waals surface area (Å²) in [5.41, 5.74) is -0.564. The van der Waals surface area contributed by atoms with E-state index in [1.54, 1.807) is 32.8 Å². The molecule has 0 bridgehead atoms. The van der Waals surface area contributed by atoms with E-state index in [9.17, 15) is 28.8 Å². The second kappa shape index (κ2) is 27.6. The molecule has 7 N–H and O–H groups in total. The number of nitrogens with zero attached hydrogens (tertiary/aromatic N) is 1. The van der Waals surface area contributed by atoms with E-state index >= 15 is 0 Å². The number of ether oxygens (including phenoxy) is 2. The molecule has 0 spiro atoms. The largest absolute Gasteiger partial charge is 0.367 e. The van der Waals surface area contributed by atoms with Gasteiger partial charge in [-0.25, -0.2) is 0 Å². The number of amides is 6. The van der Waals surface area contributed by atoms with Gasteiger partial charge in [0.2, 0.25) is 35.4 Å². The van der Waals surface area contributed by atoms with Crippen LogP contribution in [0.3, 0.4) is 0 Å². The van der Waals surface area contributed by atoms with Gasteiger partial charge in [0.25, 0.3) is 0 Å². The maximum Gasteiger partial charge on any atom is 0.246 e. The summed E-state index contributed by atoms with van der Waals surface area (Å²) in [5.74, 6) is 4.68. The number of likely N-dealkylation sites (N-methyl/N-ethyl adjacent to an activating group) is 2. The van der Waals surface area contributed by atoms with E-state index in [0.717, 1.165) is 64.2 Å². The normalized spacial score (nSPS) is 20.7. The van der Waals surface area contributed by atoms with Crippen LogP contribution in [0.1, 0.15) is 139 Å². The number of carbonyl (C=O) groups excluding carboxylic acids is 6. The van der Waals surface area contributed by atoms with E-state index in [1.165, 1.54) is 0 Å². The third kappa shape index (κ3) is 17.2. The lowest BCUT2D eigenvalue weighted by molar-refractivity contribution is -0.144. The van der Waals surface area contributed by atoms with Crippen molar-refractivity contribution in [1.29, 1.82) is 0 Å². The summed E-state index contributed by atoms with van der Waals surface area (Å²) in [6, 6.07) is -4.38. The summed E-state index contributed by atoms with van der Waals surface area (Å²) >= 11 is 0. The van der Waals surface area contributed by atoms with Gasteiger partial charge < -0.3 is 51.6 Å². The first-order valence-electron chi connectivity index (χ1n) is 24.2. The van der Waals surface area contributed by atoms with Crippen LogP contribution >= 0.6 is 0 Å². The highest BCUT2D eigenvalue weighted by Crippen LogP contribution is 2.30. The molecule has 1 heterocycles. The average molecular weight is 901 g/mol. The topological polar surface area (TPSA) is 208 Å². The van der Waals surface area contributed by atoms with Crippen LogP contribution in [0.5, 0.6) is 0 Å². The number of rotatable bonds is 23. The minimum Gasteiger partial charge on any atom is -0.367 e. The van der Waals surface area contributed by atoms with Crippen molar-refractivity contribution < 1.29 is 38.2 Å². The predicted molar refractivity (Wildman–Crippen MR) is 249 cm³/mol. The second-order valence-corrected chi connectivity index (χ2v) is 19.6. The molecule has 64 heavy (non-hydrogen) atoms. The third-order valence-corrected chi connectivity index (χ3v) is 13.3. The van der Waals surface area contributed by atoms with E-state index in [1.807, 2.05) is 41.5 Å². The molecule has 0 aromatic carbocycles. The van der Waals surface area contributed by atoms with Crippen molar-refractivity contribution in [2.75, 3.05) is 47.1 Å². The van der Waals surface area contributed by atoms with Crippen molar-refractivity contribution in [3.8, 4) is 11.8 Å². The van der Waals surface area contributed by atoms with Gasteiger partial charge in [-0.3, -0.25) is 28.8 Å². The summed E-state index contributed by atoms with van der Waals surface area (Å²) in [5, 5.41) is 21.0. The first-order chi connectivity index (χ1) is 30.4. The number of nitrogens with one attached hydrogen (secondary N) is 7. The molecule has 0 radical (unpaired) electrons. The van der Waals surface area contributed by atoms with Crippen molar-refractivity contribution in [2.45, 2.75) is 187 Å². The fourth-order valence-electron chi connectivity index (χ4n) is 8.92. The average Bonchev–Trinajstić information content (AvgIpc) is 3.78. The zero-order valence-corrected chi connectivity index (χ0v) is 40.8. The molecule has 1 aliphatic heterocycles. The van der Waals surface area contributed by atoms with Crippen LogP contribution in [-0.2, 0) is 38.2 Å². The number of carbonyl (C=O) groups is 6. The standard InChI is InChI=1S/C48H84N8O8/c1-11-36(50-10)44(59)54-40(35-23-16-13-17-24-35)46(61)51-33(5)43(58)52-37(31(2)3)29-63-27-18-19-28-64-30-38(34-21-14-12-15-22-34)53-45(60)39-25-20-26-56(39)47(62)41(48(6,7)8)55-42(57)32(4)49-9/h31-41,49-50H,11-17,20-30H2,1-10H3,(H,51,61)(H,52,58)(H,53,60)(H,54,59)(H,55,57)/t32-,33-,36+,37+,38+,39?,40+,41+/m0/s1. The third-order valence-electron chi connectivity index (χ3n) is 13.3. The molecule has 0 aromatic heterocycles. The Hall–Kier alpha value is -3.78. The van der Waals surface area contributed by atoms with E-state index in [0.29, 0.717) is 25.8 Å². The highest BCUT2D eigenvalue weighted by molar-refractivity contribution is 5.94. The van der Waals surface area contributed by atoms with Crippen molar-refractivity contribution >= 4 is 35.4 Å². The zero-order valence-electron chi connectivity index (χ0n) is 40.8. The van der Waals surface area contributed by atoms with Crippen LogP contribution in [0, 0.1) is 35.0 Å². The molecule has 6 amide bonds. The summed E-state index contributed by atoms with van der Waals surface area (Å²) in [6.07, 6.45) is 12.0. The molecule has 3 fully saturated rings. The molecular formula is C48H84N8O8. The molecule has 1 unspecified atom stereocenters. The Kier molecular flexibility index (Phi) is 23.6. The number of likely N-dealkylation sites (tertiary alicyclic amines) is 1. The Labute approximate surface area is 384 Å². The maximum absolute atomic E-state index is 14.0. The van der Waals surface area contributed by atoms with Crippen LogP contribution < -0.4 is 37.2 Å². The van der Waals surface area contributed by atoms with Gasteiger partial charge in [0.05, 0.1) is 37.4 Å². The predicted octanol–water partition coefficient (Wildman–Crippen LogP) is 2.93. The minimum absolute atomic E-state index is 0.0131. The van der Waals surface area contributed by atoms with Crippen LogP contribution in [0.25, 0.3) is 0 Å². The van der Waals surface area contributed by atoms with Gasteiger partial charge in [-0.1, -0.05) is 91.9 Å². The van der Waals surface area contributed by atoms with Gasteiger partial charge in [0.15, 0.2) is 0 Å². The van der Waals surface area contributed by atoms with Gasteiger partial charge in [-0.2, -0.15) is 0 Å². The molecule has 1 saturated heterocycles. The quantitative estimate of drug-likeness (QED) is 0.0590. The fraction of sp³-hybridized carbons (Fsp3) is 0.833. The van der Waals surface area contributed by atoms with Crippen molar-refractivity contribution in [2.24, 2.45) is 23.2 Å². The first-order valence-corrected chi connectivity index (χ1v) is 24.2. The maximum atomic E-state index is 14.0. The molecule has 16 heteroatoms. The Balaban J connectivity index is 1.52. The smallest absolute Gasteiger partial charge is 0.246 e. The summed E-state index contributed by atoms with van der Waals surface area (Å²) < 4.78 is 11.9. The second-order valence-electron chi connectivity index (χ2n) is 19.6. The highest BCUT2D eigenvalue weighted by atomic mass is 16.5. The first kappa shape index (κ1) is 54.6. The molecule has 364 valence electrons. The number of hydrogen-bond donors (Lipinski definition) is 7. The summed E-state index contributed by atoms with van der Waals surface area (Å²) in [6.45, 7) is 16.2. The molecule has 3 rings (SSSR count). The Bertz CT molecular complexity index is 1560. The Morgan fingerprint density at radius 1 is 0.641 bits per heavy atom. The van der Waals surface area contributed by atoms with E-state index < -0.39 is 41.7 Å². The SMILES string of the molecule is CC[C@@H](NC)C(=O)N[C@@H](C(=O)N[C@@H](C)C(=O)N[C@H](COCC#CCOC[C@@H](NC(=O)C1CCCN1C(=O)[C@@H](NC(=O)[C@H](C)NC)C(C)(C)C)C1CCCCC1)C(C)C)C1CCCCC1. The van der Waals surface area contributed by atoms with E-state index in [2.05, 4.69) is 49.1 Å². The van der Waals surface area contributed by atoms with E-state index in [-0.39, 0.29) is 91.7 Å². The lowest BCUT2D eigenvalue weighted by Crippen LogP contribution is -2.60. The lowest BCUT2D eigenvalue weighted by Gasteiger charge is -2.37. The van der Waals surface area contributed by atoms with Crippen molar-refractivity contribution in [3.63, 3.8) is 0 Å². The molecule has 0 aromatic rings. The zero-order chi connectivity index (χ0) is 47.4. The van der Waals surface area contributed by atoms with Crippen molar-refractivity contribution in [1.82, 2.24) is 42.1 Å². The fourth-order valence-corrected chi connectivity index (χ4v) is 8.92. The molecule has 8 atom stereocenters. The Morgan fingerprint density at radius 3 is 1.77 bits per heavy atom. The molecular weight excluding hydrogens is 817 g/mol. The highest BCUT2D eigenvalue weighted by Gasteiger charge is 2.43. The van der Waals surface area contributed by atoms with Gasteiger partial charge in [-0.05, 0) is 96.1 Å². The van der Waals surface area contributed by atoms with Crippen LogP contribution in [0.4, 0.5) is 0 Å². The van der Waals surface area contributed by atoms with Gasteiger partial charge >= 0.3 is 0 Å². The minimum atomic E-state index is -0.825. The van der Waals surface area contributed by atoms with Crippen LogP contribution in [0.15, 0.2) is 0 Å². The van der Waals surface area contributed by atoms with Crippen LogP contribution in [0.2, 0.25) is 0 Å². The molecule has 2 saturated carbocycles. The van der Waals surface area contributed by atoms with Gasteiger partial charge in [0.1, 0.15) is 37.4 Å². The van der Waals surface area contributed by atoms with Gasteiger partial charge in [0, 0.05) is 6.54 Å². The molecule has 2 aliphatic carbocycles. The Morgan fingerprint density at radius 2 is 1.22 bits per heavy atom. The van der Waals surface area contributed by atoms with E-state index in [4.69, 9.17) is 9.47 Å². The van der Waals surface area contributed by atoms with Crippen LogP contribution in [-0.4, -0.2) is 136 Å². The monoisotopic (exact) mass is 901 g/mol. The van der Waals surface area contributed by atoms with Gasteiger partial charge in [-0.15, -0.1) is 0 Å². The van der Waals surface area contributed by atoms with Crippen molar-refractivity contribution in [3.05, 3.63) is 0 Å². The number of hydrogen-bond acceptors (Lipinski definition) is 10. The lowest BCUT2D eigenvalue weighted by atomic mass is 9.83. The molecule has 16 nitrogen and oxygen atoms in total. The molecule has 3 aliphatic rings. The summed E-state index contributed by atoms with van der Waals surface area (Å²) in [4.78, 5) is 82.2. The summed E-state index contributed by atoms with van der Waals surface area (Å²) in [7, 11) is 3.42.